The minimum absolute atomic E-state index is 0.428. The van der Waals surface area contributed by atoms with E-state index in [1.54, 1.807) is 6.20 Å². The van der Waals surface area contributed by atoms with Gasteiger partial charge in [-0.25, -0.2) is 4.98 Å². The maximum Gasteiger partial charge on any atom is 0.274 e. The van der Waals surface area contributed by atoms with Gasteiger partial charge in [0.1, 0.15) is 0 Å². The van der Waals surface area contributed by atoms with Gasteiger partial charge in [-0.2, -0.15) is 0 Å². The molecule has 0 aliphatic heterocycles. The van der Waals surface area contributed by atoms with Gasteiger partial charge in [0.2, 0.25) is 0 Å². The van der Waals surface area contributed by atoms with Crippen LogP contribution < -0.4 is 0 Å². The van der Waals surface area contributed by atoms with Gasteiger partial charge in [-0.1, -0.05) is 66.6 Å². The topological polar surface area (TPSA) is 26.0 Å². The standard InChI is InChI=1S/C21H13NO/c1-2-7-16(8-3-1)13-14-21-22-15-20(23-21)19-12-6-10-17-9-4-5-11-18(17)19/h1-12,15H. The van der Waals surface area contributed by atoms with Crippen molar-refractivity contribution >= 4 is 10.8 Å². The molecular weight excluding hydrogens is 282 g/mol. The fourth-order valence-electron chi connectivity index (χ4n) is 2.54. The number of hydrogen-bond donors (Lipinski definition) is 0. The largest absolute Gasteiger partial charge is 0.430 e. The highest BCUT2D eigenvalue weighted by atomic mass is 16.4. The van der Waals surface area contributed by atoms with E-state index in [2.05, 4.69) is 35.0 Å². The van der Waals surface area contributed by atoms with Gasteiger partial charge in [-0.15, -0.1) is 0 Å². The summed E-state index contributed by atoms with van der Waals surface area (Å²) in [6.07, 6.45) is 1.73. The second kappa shape index (κ2) is 5.82. The van der Waals surface area contributed by atoms with Crippen LogP contribution in [0.1, 0.15) is 11.5 Å². The number of fused-ring (bicyclic) bond motifs is 1. The molecule has 4 rings (SSSR count). The first kappa shape index (κ1) is 13.4. The molecule has 0 unspecified atom stereocenters. The first-order valence-corrected chi connectivity index (χ1v) is 7.41. The molecule has 0 saturated heterocycles. The molecule has 3 aromatic carbocycles. The van der Waals surface area contributed by atoms with Crippen LogP contribution >= 0.6 is 0 Å². The van der Waals surface area contributed by atoms with E-state index in [0.717, 1.165) is 22.3 Å². The minimum Gasteiger partial charge on any atom is -0.430 e. The average molecular weight is 295 g/mol. The Balaban J connectivity index is 1.72. The number of hydrogen-bond acceptors (Lipinski definition) is 2. The lowest BCUT2D eigenvalue weighted by atomic mass is 10.0. The molecule has 0 saturated carbocycles. The van der Waals surface area contributed by atoms with Crippen LogP contribution in [0.15, 0.2) is 83.4 Å². The second-order valence-corrected chi connectivity index (χ2v) is 5.17. The van der Waals surface area contributed by atoms with Crippen LogP contribution in [0, 0.1) is 11.8 Å². The zero-order valence-corrected chi connectivity index (χ0v) is 12.4. The second-order valence-electron chi connectivity index (χ2n) is 5.17. The van der Waals surface area contributed by atoms with Crippen LogP contribution in [0.4, 0.5) is 0 Å². The maximum absolute atomic E-state index is 5.81. The fraction of sp³-hybridized carbons (Fsp3) is 0. The smallest absolute Gasteiger partial charge is 0.274 e. The SMILES string of the molecule is C(#Cc1ncc(-c2cccc3ccccc23)o1)c1ccccc1. The Bertz CT molecular complexity index is 1010. The molecule has 4 aromatic rings. The molecule has 0 bridgehead atoms. The monoisotopic (exact) mass is 295 g/mol. The quantitative estimate of drug-likeness (QED) is 0.467. The van der Waals surface area contributed by atoms with Crippen LogP contribution in [0.5, 0.6) is 0 Å². The molecule has 0 spiro atoms. The molecule has 0 aliphatic carbocycles. The van der Waals surface area contributed by atoms with Gasteiger partial charge >= 0.3 is 0 Å². The summed E-state index contributed by atoms with van der Waals surface area (Å²) in [7, 11) is 0. The molecule has 2 heteroatoms. The molecular formula is C21H13NO. The van der Waals surface area contributed by atoms with Crippen molar-refractivity contribution in [2.75, 3.05) is 0 Å². The molecule has 108 valence electrons. The fourth-order valence-corrected chi connectivity index (χ4v) is 2.54. The summed E-state index contributed by atoms with van der Waals surface area (Å²) in [5.41, 5.74) is 1.97. The Morgan fingerprint density at radius 1 is 0.739 bits per heavy atom. The van der Waals surface area contributed by atoms with E-state index in [-0.39, 0.29) is 0 Å². The van der Waals surface area contributed by atoms with Gasteiger partial charge in [-0.05, 0) is 28.8 Å². The Labute approximate surface area is 134 Å². The van der Waals surface area contributed by atoms with E-state index in [4.69, 9.17) is 4.42 Å². The summed E-state index contributed by atoms with van der Waals surface area (Å²) in [6, 6.07) is 24.2. The number of nitrogens with zero attached hydrogens (tertiary/aromatic N) is 1. The van der Waals surface area contributed by atoms with Crippen molar-refractivity contribution < 1.29 is 4.42 Å². The van der Waals surface area contributed by atoms with E-state index in [0.29, 0.717) is 5.89 Å². The summed E-state index contributed by atoms with van der Waals surface area (Å²) in [5.74, 6) is 7.19. The first-order chi connectivity index (χ1) is 11.4. The van der Waals surface area contributed by atoms with Crippen molar-refractivity contribution in [2.24, 2.45) is 0 Å². The van der Waals surface area contributed by atoms with Crippen LogP contribution in [0.2, 0.25) is 0 Å². The lowest BCUT2D eigenvalue weighted by Crippen LogP contribution is -1.78. The third kappa shape index (κ3) is 2.73. The molecule has 0 atom stereocenters. The third-order valence-corrected chi connectivity index (χ3v) is 3.65. The van der Waals surface area contributed by atoms with Gasteiger partial charge in [-0.3, -0.25) is 0 Å². The summed E-state index contributed by atoms with van der Waals surface area (Å²) in [5, 5.41) is 2.33. The Kier molecular flexibility index (Phi) is 3.38. The van der Waals surface area contributed by atoms with E-state index < -0.39 is 0 Å². The highest BCUT2D eigenvalue weighted by Crippen LogP contribution is 2.28. The van der Waals surface area contributed by atoms with Crippen molar-refractivity contribution in [3.63, 3.8) is 0 Å². The number of benzene rings is 3. The molecule has 0 aliphatic rings. The molecule has 2 nitrogen and oxygen atoms in total. The summed E-state index contributed by atoms with van der Waals surface area (Å²) >= 11 is 0. The highest BCUT2D eigenvalue weighted by molar-refractivity contribution is 5.95. The predicted molar refractivity (Wildman–Crippen MR) is 91.9 cm³/mol. The van der Waals surface area contributed by atoms with Gasteiger partial charge in [0, 0.05) is 11.1 Å². The predicted octanol–water partition coefficient (Wildman–Crippen LogP) is 4.89. The van der Waals surface area contributed by atoms with Gasteiger partial charge in [0.15, 0.2) is 5.76 Å². The molecule has 0 N–H and O–H groups in total. The van der Waals surface area contributed by atoms with Crippen molar-refractivity contribution in [2.45, 2.75) is 0 Å². The summed E-state index contributed by atoms with van der Waals surface area (Å²) in [4.78, 5) is 4.27. The van der Waals surface area contributed by atoms with Gasteiger partial charge < -0.3 is 4.42 Å². The number of rotatable bonds is 1. The number of oxazole rings is 1. The van der Waals surface area contributed by atoms with Crippen molar-refractivity contribution in [1.29, 1.82) is 0 Å². The van der Waals surface area contributed by atoms with Crippen molar-refractivity contribution in [1.82, 2.24) is 4.98 Å². The summed E-state index contributed by atoms with van der Waals surface area (Å²) < 4.78 is 5.81. The normalized spacial score (nSPS) is 10.3. The highest BCUT2D eigenvalue weighted by Gasteiger charge is 2.08. The molecule has 0 amide bonds. The number of aromatic nitrogens is 1. The Morgan fingerprint density at radius 2 is 1.52 bits per heavy atom. The van der Waals surface area contributed by atoms with E-state index in [1.165, 1.54) is 5.39 Å². The maximum atomic E-state index is 5.81. The molecule has 0 radical (unpaired) electrons. The van der Waals surface area contributed by atoms with Crippen molar-refractivity contribution in [3.8, 4) is 23.2 Å². The zero-order chi connectivity index (χ0) is 15.5. The van der Waals surface area contributed by atoms with E-state index in [9.17, 15) is 0 Å². The molecule has 1 heterocycles. The van der Waals surface area contributed by atoms with Crippen LogP contribution in [-0.4, -0.2) is 4.98 Å². The Morgan fingerprint density at radius 3 is 2.43 bits per heavy atom. The minimum atomic E-state index is 0.428. The van der Waals surface area contributed by atoms with Crippen LogP contribution in [-0.2, 0) is 0 Å². The van der Waals surface area contributed by atoms with Gasteiger partial charge in [0.25, 0.3) is 5.89 Å². The molecule has 23 heavy (non-hydrogen) atoms. The lowest BCUT2D eigenvalue weighted by Gasteiger charge is -2.02. The molecule has 1 aromatic heterocycles. The van der Waals surface area contributed by atoms with Gasteiger partial charge in [0.05, 0.1) is 6.20 Å². The zero-order valence-electron chi connectivity index (χ0n) is 12.4. The first-order valence-electron chi connectivity index (χ1n) is 7.41. The summed E-state index contributed by atoms with van der Waals surface area (Å²) in [6.45, 7) is 0. The molecule has 0 fully saturated rings. The van der Waals surface area contributed by atoms with Crippen molar-refractivity contribution in [3.05, 3.63) is 90.4 Å². The average Bonchev–Trinajstić information content (AvgIpc) is 3.09. The van der Waals surface area contributed by atoms with Crippen LogP contribution in [0.3, 0.4) is 0 Å². The third-order valence-electron chi connectivity index (χ3n) is 3.65. The lowest BCUT2D eigenvalue weighted by molar-refractivity contribution is 0.558. The van der Waals surface area contributed by atoms with E-state index >= 15 is 0 Å². The van der Waals surface area contributed by atoms with Crippen LogP contribution in [0.25, 0.3) is 22.1 Å². The van der Waals surface area contributed by atoms with E-state index in [1.807, 2.05) is 54.6 Å². The Hall–Kier alpha value is -3.31.